The van der Waals surface area contributed by atoms with E-state index in [4.69, 9.17) is 10.5 Å². The molecule has 0 saturated carbocycles. The Hall–Kier alpha value is -0.660. The number of carbonyl (C=O) groups is 1. The van der Waals surface area contributed by atoms with Crippen LogP contribution in [0, 0.1) is 0 Å². The summed E-state index contributed by atoms with van der Waals surface area (Å²) in [7, 11) is 0. The summed E-state index contributed by atoms with van der Waals surface area (Å²) >= 11 is 1.53. The van der Waals surface area contributed by atoms with Gasteiger partial charge < -0.3 is 20.5 Å². The molecule has 1 fully saturated rings. The molecule has 1 aliphatic rings. The Morgan fingerprint density at radius 3 is 3.10 bits per heavy atom. The van der Waals surface area contributed by atoms with Gasteiger partial charge in [0.15, 0.2) is 0 Å². The van der Waals surface area contributed by atoms with E-state index in [2.05, 4.69) is 0 Å². The van der Waals surface area contributed by atoms with E-state index in [-0.39, 0.29) is 24.4 Å². The minimum absolute atomic E-state index is 0. The van der Waals surface area contributed by atoms with E-state index in [1.54, 1.807) is 0 Å². The highest BCUT2D eigenvalue weighted by molar-refractivity contribution is 7.10. The molecule has 3 N–H and O–H groups in total. The molecule has 1 aromatic rings. The van der Waals surface area contributed by atoms with Gasteiger partial charge in [0.25, 0.3) is 0 Å². The van der Waals surface area contributed by atoms with Crippen molar-refractivity contribution in [3.8, 4) is 0 Å². The average molecular weight is 335 g/mol. The second-order valence-electron chi connectivity index (χ2n) is 4.98. The lowest BCUT2D eigenvalue weighted by Gasteiger charge is -2.36. The van der Waals surface area contributed by atoms with Gasteiger partial charge in [0.05, 0.1) is 25.4 Å². The monoisotopic (exact) mass is 334 g/mol. The van der Waals surface area contributed by atoms with Crippen molar-refractivity contribution in [2.24, 2.45) is 5.73 Å². The Balaban J connectivity index is 0.00000220. The van der Waals surface area contributed by atoms with Crippen molar-refractivity contribution >= 4 is 29.7 Å². The van der Waals surface area contributed by atoms with Crippen LogP contribution in [0.4, 0.5) is 0 Å². The maximum atomic E-state index is 12.2. The molecule has 2 unspecified atom stereocenters. The van der Waals surface area contributed by atoms with Gasteiger partial charge >= 0.3 is 0 Å². The van der Waals surface area contributed by atoms with Crippen molar-refractivity contribution in [1.29, 1.82) is 0 Å². The molecule has 2 atom stereocenters. The number of hydrogen-bond acceptors (Lipinski definition) is 5. The molecule has 1 saturated heterocycles. The van der Waals surface area contributed by atoms with E-state index < -0.39 is 6.10 Å². The van der Waals surface area contributed by atoms with E-state index in [0.29, 0.717) is 45.6 Å². The zero-order valence-electron chi connectivity index (χ0n) is 11.9. The highest BCUT2D eigenvalue weighted by Crippen LogP contribution is 2.26. The van der Waals surface area contributed by atoms with Crippen molar-refractivity contribution in [3.05, 3.63) is 22.4 Å². The number of thiophene rings is 1. The number of halogens is 1. The number of ether oxygens (including phenoxy) is 1. The fraction of sp³-hybridized carbons (Fsp3) is 0.643. The number of hydrogen-bond donors (Lipinski definition) is 2. The van der Waals surface area contributed by atoms with Crippen LogP contribution in [0.1, 0.15) is 30.2 Å². The smallest absolute Gasteiger partial charge is 0.223 e. The first-order valence-corrected chi connectivity index (χ1v) is 7.89. The van der Waals surface area contributed by atoms with Gasteiger partial charge in [-0.15, -0.1) is 23.7 Å². The van der Waals surface area contributed by atoms with E-state index >= 15 is 0 Å². The largest absolute Gasteiger partial charge is 0.387 e. The first-order chi connectivity index (χ1) is 9.72. The molecule has 0 bridgehead atoms. The van der Waals surface area contributed by atoms with E-state index in [0.717, 1.165) is 4.88 Å². The second kappa shape index (κ2) is 9.38. The Morgan fingerprint density at radius 2 is 2.43 bits per heavy atom. The summed E-state index contributed by atoms with van der Waals surface area (Å²) in [6.07, 6.45) is 1.17. The maximum Gasteiger partial charge on any atom is 0.223 e. The number of carbonyl (C=O) groups excluding carboxylic acids is 1. The van der Waals surface area contributed by atoms with Crippen LogP contribution >= 0.6 is 23.7 Å². The van der Waals surface area contributed by atoms with Crippen molar-refractivity contribution in [3.63, 3.8) is 0 Å². The number of aliphatic hydroxyl groups excluding tert-OH is 1. The number of morpholine rings is 1. The first kappa shape index (κ1) is 18.4. The summed E-state index contributed by atoms with van der Waals surface area (Å²) in [5.41, 5.74) is 5.45. The standard InChI is InChI=1S/C14H22N2O3S.ClH/c15-5-1-4-14(18)16-6-7-19-10-11(16)9-12(17)13-3-2-8-20-13;/h2-3,8,11-12,17H,1,4-7,9-10,15H2;1H. The van der Waals surface area contributed by atoms with Gasteiger partial charge in [-0.25, -0.2) is 0 Å². The lowest BCUT2D eigenvalue weighted by Crippen LogP contribution is -2.49. The normalized spacial score (nSPS) is 19.9. The highest BCUT2D eigenvalue weighted by Gasteiger charge is 2.29. The minimum atomic E-state index is -0.536. The molecule has 0 aromatic carbocycles. The lowest BCUT2D eigenvalue weighted by molar-refractivity contribution is -0.141. The summed E-state index contributed by atoms with van der Waals surface area (Å²) in [5, 5.41) is 12.2. The van der Waals surface area contributed by atoms with Gasteiger partial charge in [-0.2, -0.15) is 0 Å². The fourth-order valence-corrected chi connectivity index (χ4v) is 3.15. The molecule has 7 heteroatoms. The minimum Gasteiger partial charge on any atom is -0.387 e. The van der Waals surface area contributed by atoms with Gasteiger partial charge in [0.2, 0.25) is 5.91 Å². The van der Waals surface area contributed by atoms with Crippen LogP contribution in [0.15, 0.2) is 17.5 Å². The molecule has 2 rings (SSSR count). The summed E-state index contributed by atoms with van der Waals surface area (Å²) in [4.78, 5) is 14.9. The fourth-order valence-electron chi connectivity index (χ4n) is 2.43. The van der Waals surface area contributed by atoms with Crippen LogP contribution in [0.25, 0.3) is 0 Å². The summed E-state index contributed by atoms with van der Waals surface area (Å²) in [6, 6.07) is 3.79. The molecule has 0 spiro atoms. The van der Waals surface area contributed by atoms with Crippen molar-refractivity contribution < 1.29 is 14.6 Å². The molecule has 21 heavy (non-hydrogen) atoms. The summed E-state index contributed by atoms with van der Waals surface area (Å²) in [5.74, 6) is 0.113. The molecule has 2 heterocycles. The van der Waals surface area contributed by atoms with Gasteiger partial charge in [0, 0.05) is 24.3 Å². The molecule has 1 amide bonds. The second-order valence-corrected chi connectivity index (χ2v) is 5.95. The Bertz CT molecular complexity index is 416. The third kappa shape index (κ3) is 5.23. The van der Waals surface area contributed by atoms with Gasteiger partial charge in [-0.1, -0.05) is 6.07 Å². The highest BCUT2D eigenvalue weighted by atomic mass is 35.5. The maximum absolute atomic E-state index is 12.2. The zero-order chi connectivity index (χ0) is 14.4. The predicted molar refractivity (Wildman–Crippen MR) is 85.8 cm³/mol. The molecule has 0 aliphatic carbocycles. The first-order valence-electron chi connectivity index (χ1n) is 7.01. The molecule has 1 aliphatic heterocycles. The Labute approximate surface area is 135 Å². The summed E-state index contributed by atoms with van der Waals surface area (Å²) in [6.45, 7) is 2.20. The lowest BCUT2D eigenvalue weighted by atomic mass is 10.1. The Morgan fingerprint density at radius 1 is 1.62 bits per heavy atom. The third-order valence-electron chi connectivity index (χ3n) is 3.51. The van der Waals surface area contributed by atoms with Gasteiger partial charge in [0.1, 0.15) is 0 Å². The molecular formula is C14H23ClN2O3S. The number of nitrogens with zero attached hydrogens (tertiary/aromatic N) is 1. The van der Waals surface area contributed by atoms with E-state index in [1.165, 1.54) is 11.3 Å². The van der Waals surface area contributed by atoms with E-state index in [9.17, 15) is 9.90 Å². The average Bonchev–Trinajstić information content (AvgIpc) is 2.99. The van der Waals surface area contributed by atoms with Crippen molar-refractivity contribution in [2.75, 3.05) is 26.3 Å². The zero-order valence-corrected chi connectivity index (χ0v) is 13.6. The van der Waals surface area contributed by atoms with E-state index in [1.807, 2.05) is 22.4 Å². The van der Waals surface area contributed by atoms with Gasteiger partial charge in [-0.05, 0) is 24.4 Å². The molecule has 120 valence electrons. The molecular weight excluding hydrogens is 312 g/mol. The van der Waals surface area contributed by atoms with Crippen LogP contribution in [0.3, 0.4) is 0 Å². The number of rotatable bonds is 6. The van der Waals surface area contributed by atoms with Crippen LogP contribution in [-0.4, -0.2) is 48.3 Å². The quantitative estimate of drug-likeness (QED) is 0.827. The van der Waals surface area contributed by atoms with Gasteiger partial charge in [-0.3, -0.25) is 4.79 Å². The van der Waals surface area contributed by atoms with Crippen LogP contribution < -0.4 is 5.73 Å². The van der Waals surface area contributed by atoms with Crippen molar-refractivity contribution in [2.45, 2.75) is 31.4 Å². The van der Waals surface area contributed by atoms with Crippen LogP contribution in [0.2, 0.25) is 0 Å². The number of amides is 1. The topological polar surface area (TPSA) is 75.8 Å². The van der Waals surface area contributed by atoms with Crippen LogP contribution in [-0.2, 0) is 9.53 Å². The molecule has 1 aromatic heterocycles. The Kier molecular flexibility index (Phi) is 8.21. The molecule has 0 radical (unpaired) electrons. The number of nitrogens with two attached hydrogens (primary N) is 1. The molecule has 5 nitrogen and oxygen atoms in total. The number of aliphatic hydroxyl groups is 1. The van der Waals surface area contributed by atoms with Crippen LogP contribution in [0.5, 0.6) is 0 Å². The van der Waals surface area contributed by atoms with Crippen molar-refractivity contribution in [1.82, 2.24) is 4.90 Å². The third-order valence-corrected chi connectivity index (χ3v) is 4.48. The predicted octanol–water partition coefficient (Wildman–Crippen LogP) is 1.56. The SMILES string of the molecule is Cl.NCCCC(=O)N1CCOCC1CC(O)c1cccs1. The summed E-state index contributed by atoms with van der Waals surface area (Å²) < 4.78 is 5.46.